The zero-order valence-corrected chi connectivity index (χ0v) is 11.3. The quantitative estimate of drug-likeness (QED) is 0.610. The van der Waals surface area contributed by atoms with E-state index in [1.54, 1.807) is 41.5 Å². The summed E-state index contributed by atoms with van der Waals surface area (Å²) in [6.45, 7) is 10.6. The van der Waals surface area contributed by atoms with E-state index in [1.165, 1.54) is 0 Å². The maximum absolute atomic E-state index is 11.5. The summed E-state index contributed by atoms with van der Waals surface area (Å²) in [5.74, 6) is -0.557. The van der Waals surface area contributed by atoms with E-state index >= 15 is 0 Å². The molecule has 17 heavy (non-hydrogen) atoms. The van der Waals surface area contributed by atoms with Gasteiger partial charge in [0.2, 0.25) is 0 Å². The second-order valence-corrected chi connectivity index (χ2v) is 4.72. The molecule has 0 aliphatic carbocycles. The first-order valence-corrected chi connectivity index (χ1v) is 5.52. The highest BCUT2D eigenvalue weighted by molar-refractivity contribution is 5.92. The lowest BCUT2D eigenvalue weighted by Crippen LogP contribution is -2.35. The van der Waals surface area contributed by atoms with Gasteiger partial charge in [-0.3, -0.25) is 5.32 Å². The lowest BCUT2D eigenvalue weighted by molar-refractivity contribution is -0.139. The number of allylic oxidation sites excluding steroid dienone is 1. The molecule has 0 radical (unpaired) electrons. The predicted molar refractivity (Wildman–Crippen MR) is 64.4 cm³/mol. The molecular weight excluding hydrogens is 222 g/mol. The average molecular weight is 243 g/mol. The number of alkyl carbamates (subject to hydrolysis) is 1. The predicted octanol–water partition coefficient (Wildman–Crippen LogP) is 2.37. The van der Waals surface area contributed by atoms with Gasteiger partial charge in [-0.1, -0.05) is 0 Å². The standard InChI is InChI=1S/C12H21NO4/c1-7-16-10(14)9(8(2)3)13-11(15)17-12(4,5)6/h7H2,1-6H3,(H,13,15). The fourth-order valence-electron chi connectivity index (χ4n) is 0.989. The van der Waals surface area contributed by atoms with Gasteiger partial charge in [-0.05, 0) is 47.1 Å². The first-order valence-electron chi connectivity index (χ1n) is 5.52. The van der Waals surface area contributed by atoms with E-state index in [0.717, 1.165) is 0 Å². The zero-order chi connectivity index (χ0) is 13.6. The highest BCUT2D eigenvalue weighted by atomic mass is 16.6. The van der Waals surface area contributed by atoms with Gasteiger partial charge in [0.25, 0.3) is 0 Å². The van der Waals surface area contributed by atoms with Crippen LogP contribution >= 0.6 is 0 Å². The van der Waals surface area contributed by atoms with Crippen molar-refractivity contribution in [1.82, 2.24) is 5.32 Å². The van der Waals surface area contributed by atoms with Crippen LogP contribution in [0.3, 0.4) is 0 Å². The molecule has 0 aromatic heterocycles. The molecule has 0 fully saturated rings. The summed E-state index contributed by atoms with van der Waals surface area (Å²) in [5.41, 5.74) is 0.182. The van der Waals surface area contributed by atoms with Crippen molar-refractivity contribution in [3.63, 3.8) is 0 Å². The summed E-state index contributed by atoms with van der Waals surface area (Å²) in [5, 5.41) is 2.40. The topological polar surface area (TPSA) is 64.6 Å². The van der Waals surface area contributed by atoms with Gasteiger partial charge in [0.15, 0.2) is 0 Å². The largest absolute Gasteiger partial charge is 0.461 e. The molecule has 0 saturated heterocycles. The maximum Gasteiger partial charge on any atom is 0.412 e. The zero-order valence-electron chi connectivity index (χ0n) is 11.3. The van der Waals surface area contributed by atoms with Gasteiger partial charge in [0.05, 0.1) is 6.61 Å². The van der Waals surface area contributed by atoms with Crippen molar-refractivity contribution in [2.75, 3.05) is 6.61 Å². The Balaban J connectivity index is 4.65. The Kier molecular flexibility index (Phi) is 5.71. The molecule has 5 nitrogen and oxygen atoms in total. The van der Waals surface area contributed by atoms with Crippen molar-refractivity contribution in [3.05, 3.63) is 11.3 Å². The second kappa shape index (κ2) is 6.27. The molecular formula is C12H21NO4. The number of rotatable bonds is 3. The van der Waals surface area contributed by atoms with Gasteiger partial charge < -0.3 is 9.47 Å². The van der Waals surface area contributed by atoms with Crippen LogP contribution in [0.4, 0.5) is 4.79 Å². The highest BCUT2D eigenvalue weighted by Crippen LogP contribution is 2.09. The third kappa shape index (κ3) is 6.60. The molecule has 0 heterocycles. The minimum absolute atomic E-state index is 0.126. The molecule has 5 heteroatoms. The summed E-state index contributed by atoms with van der Waals surface area (Å²) in [6, 6.07) is 0. The Morgan fingerprint density at radius 1 is 1.18 bits per heavy atom. The number of esters is 1. The molecule has 0 rings (SSSR count). The van der Waals surface area contributed by atoms with Crippen molar-refractivity contribution in [1.29, 1.82) is 0 Å². The molecule has 1 amide bonds. The van der Waals surface area contributed by atoms with E-state index in [1.807, 2.05) is 0 Å². The molecule has 1 N–H and O–H groups in total. The fourth-order valence-corrected chi connectivity index (χ4v) is 0.989. The normalized spacial score (nSPS) is 10.5. The monoisotopic (exact) mass is 243 g/mol. The molecule has 0 saturated carbocycles. The third-order valence-electron chi connectivity index (χ3n) is 1.61. The maximum atomic E-state index is 11.5. The van der Waals surface area contributed by atoms with E-state index < -0.39 is 17.7 Å². The number of hydrogen-bond donors (Lipinski definition) is 1. The smallest absolute Gasteiger partial charge is 0.412 e. The Hall–Kier alpha value is -1.52. The SMILES string of the molecule is CCOC(=O)C(NC(=O)OC(C)(C)C)=C(C)C. The van der Waals surface area contributed by atoms with Gasteiger partial charge in [0, 0.05) is 0 Å². The highest BCUT2D eigenvalue weighted by Gasteiger charge is 2.20. The van der Waals surface area contributed by atoms with E-state index in [2.05, 4.69) is 5.32 Å². The number of carbonyl (C=O) groups excluding carboxylic acids is 2. The van der Waals surface area contributed by atoms with Crippen LogP contribution in [0, 0.1) is 0 Å². The van der Waals surface area contributed by atoms with Gasteiger partial charge in [-0.2, -0.15) is 0 Å². The number of ether oxygens (including phenoxy) is 2. The minimum Gasteiger partial charge on any atom is -0.461 e. The van der Waals surface area contributed by atoms with Crippen molar-refractivity contribution in [3.8, 4) is 0 Å². The molecule has 0 aromatic carbocycles. The minimum atomic E-state index is -0.665. The Morgan fingerprint density at radius 3 is 2.06 bits per heavy atom. The molecule has 98 valence electrons. The van der Waals surface area contributed by atoms with Crippen LogP contribution in [-0.4, -0.2) is 24.3 Å². The summed E-state index contributed by atoms with van der Waals surface area (Å²) < 4.78 is 9.88. The van der Waals surface area contributed by atoms with E-state index in [-0.39, 0.29) is 12.3 Å². The van der Waals surface area contributed by atoms with Crippen molar-refractivity contribution in [2.45, 2.75) is 47.1 Å². The number of amides is 1. The fraction of sp³-hybridized carbons (Fsp3) is 0.667. The van der Waals surface area contributed by atoms with Gasteiger partial charge in [-0.15, -0.1) is 0 Å². The summed E-state index contributed by atoms with van der Waals surface area (Å²) in [4.78, 5) is 23.0. The summed E-state index contributed by atoms with van der Waals surface area (Å²) >= 11 is 0. The van der Waals surface area contributed by atoms with Gasteiger partial charge in [-0.25, -0.2) is 9.59 Å². The van der Waals surface area contributed by atoms with E-state index in [4.69, 9.17) is 9.47 Å². The molecule has 0 aromatic rings. The van der Waals surface area contributed by atoms with Crippen LogP contribution in [0.2, 0.25) is 0 Å². The summed E-state index contributed by atoms with van der Waals surface area (Å²) in [6.07, 6.45) is -0.665. The third-order valence-corrected chi connectivity index (χ3v) is 1.61. The van der Waals surface area contributed by atoms with Crippen molar-refractivity contribution in [2.24, 2.45) is 0 Å². The number of hydrogen-bond acceptors (Lipinski definition) is 4. The molecule has 0 unspecified atom stereocenters. The Labute approximate surface area is 102 Å². The van der Waals surface area contributed by atoms with Crippen molar-refractivity contribution >= 4 is 12.1 Å². The van der Waals surface area contributed by atoms with Crippen LogP contribution in [0.15, 0.2) is 11.3 Å². The lowest BCUT2D eigenvalue weighted by Gasteiger charge is -2.20. The second-order valence-electron chi connectivity index (χ2n) is 4.72. The van der Waals surface area contributed by atoms with Crippen LogP contribution in [0.25, 0.3) is 0 Å². The number of nitrogens with one attached hydrogen (secondary N) is 1. The molecule has 0 aliphatic rings. The molecule has 0 aliphatic heterocycles. The average Bonchev–Trinajstić information content (AvgIpc) is 2.11. The van der Waals surface area contributed by atoms with Crippen LogP contribution < -0.4 is 5.32 Å². The molecule has 0 spiro atoms. The molecule has 0 bridgehead atoms. The van der Waals surface area contributed by atoms with Crippen molar-refractivity contribution < 1.29 is 19.1 Å². The molecule has 0 atom stereocenters. The van der Waals surface area contributed by atoms with Gasteiger partial charge in [0.1, 0.15) is 11.3 Å². The van der Waals surface area contributed by atoms with Crippen LogP contribution in [0.5, 0.6) is 0 Å². The van der Waals surface area contributed by atoms with Gasteiger partial charge >= 0.3 is 12.1 Å². The number of carbonyl (C=O) groups is 2. The van der Waals surface area contributed by atoms with Crippen LogP contribution in [0.1, 0.15) is 41.5 Å². The Morgan fingerprint density at radius 2 is 1.71 bits per heavy atom. The lowest BCUT2D eigenvalue weighted by atomic mass is 10.2. The van der Waals surface area contributed by atoms with E-state index in [9.17, 15) is 9.59 Å². The Bertz CT molecular complexity index is 322. The summed E-state index contributed by atoms with van der Waals surface area (Å²) in [7, 11) is 0. The first-order chi connectivity index (χ1) is 7.67. The van der Waals surface area contributed by atoms with Crippen LogP contribution in [-0.2, 0) is 14.3 Å². The van der Waals surface area contributed by atoms with E-state index in [0.29, 0.717) is 5.57 Å². The first kappa shape index (κ1) is 15.5.